The molecule has 1 aromatic heterocycles. The van der Waals surface area contributed by atoms with E-state index in [0.717, 1.165) is 28.6 Å². The summed E-state index contributed by atoms with van der Waals surface area (Å²) in [6.45, 7) is 0.754. The minimum absolute atomic E-state index is 0.287. The van der Waals surface area contributed by atoms with Gasteiger partial charge in [0.25, 0.3) is 0 Å². The normalized spacial score (nSPS) is 14.8. The Balaban J connectivity index is 1.52. The second-order valence-electron chi connectivity index (χ2n) is 8.13. The summed E-state index contributed by atoms with van der Waals surface area (Å²) in [6.07, 6.45) is 2.60. The average Bonchev–Trinajstić information content (AvgIpc) is 3.23. The van der Waals surface area contributed by atoms with Gasteiger partial charge < -0.3 is 14.8 Å². The molecule has 3 aromatic carbocycles. The van der Waals surface area contributed by atoms with Crippen molar-refractivity contribution in [2.75, 3.05) is 6.54 Å². The van der Waals surface area contributed by atoms with Crippen LogP contribution in [0.2, 0.25) is 0 Å². The van der Waals surface area contributed by atoms with E-state index >= 15 is 0 Å². The second kappa shape index (κ2) is 8.90. The van der Waals surface area contributed by atoms with Crippen LogP contribution in [0, 0.1) is 11.6 Å². The molecule has 33 heavy (non-hydrogen) atoms. The zero-order valence-electron chi connectivity index (χ0n) is 17.9. The number of urea groups is 1. The number of carbonyl (C=O) groups excluding carboxylic acids is 1. The van der Waals surface area contributed by atoms with Crippen molar-refractivity contribution >= 4 is 6.03 Å². The van der Waals surface area contributed by atoms with Crippen molar-refractivity contribution in [1.82, 2.24) is 14.8 Å². The first-order valence-electron chi connectivity index (χ1n) is 10.9. The first-order valence-corrected chi connectivity index (χ1v) is 10.9. The highest BCUT2D eigenvalue weighted by molar-refractivity contribution is 5.76. The number of hydrogen-bond donors (Lipinski definition) is 1. The Morgan fingerprint density at radius 2 is 1.64 bits per heavy atom. The summed E-state index contributed by atoms with van der Waals surface area (Å²) in [5.74, 6) is -1.34. The van der Waals surface area contributed by atoms with E-state index in [1.807, 2.05) is 77.5 Å². The van der Waals surface area contributed by atoms with E-state index in [0.29, 0.717) is 25.1 Å². The van der Waals surface area contributed by atoms with E-state index in [4.69, 9.17) is 0 Å². The molecule has 0 radical (unpaired) electrons. The van der Waals surface area contributed by atoms with Crippen molar-refractivity contribution in [3.63, 3.8) is 0 Å². The van der Waals surface area contributed by atoms with Crippen molar-refractivity contribution in [3.8, 4) is 5.69 Å². The number of aromatic nitrogens is 1. The van der Waals surface area contributed by atoms with Gasteiger partial charge in [-0.1, -0.05) is 48.5 Å². The average molecular weight is 443 g/mol. The number of amides is 2. The fourth-order valence-corrected chi connectivity index (χ4v) is 4.48. The lowest BCUT2D eigenvalue weighted by Crippen LogP contribution is -2.42. The van der Waals surface area contributed by atoms with Gasteiger partial charge in [0.15, 0.2) is 0 Å². The summed E-state index contributed by atoms with van der Waals surface area (Å²) >= 11 is 0. The molecule has 0 fully saturated rings. The van der Waals surface area contributed by atoms with Crippen molar-refractivity contribution in [1.29, 1.82) is 0 Å². The smallest absolute Gasteiger partial charge is 0.318 e. The molecule has 2 amide bonds. The lowest BCUT2D eigenvalue weighted by molar-refractivity contribution is 0.180. The van der Waals surface area contributed by atoms with Gasteiger partial charge in [-0.15, -0.1) is 0 Å². The van der Waals surface area contributed by atoms with Crippen molar-refractivity contribution in [3.05, 3.63) is 125 Å². The van der Waals surface area contributed by atoms with Gasteiger partial charge in [0.1, 0.15) is 11.6 Å². The molecule has 1 aliphatic heterocycles. The van der Waals surface area contributed by atoms with Crippen LogP contribution in [0.25, 0.3) is 5.69 Å². The predicted octanol–water partition coefficient (Wildman–Crippen LogP) is 5.61. The number of halogens is 2. The van der Waals surface area contributed by atoms with Crippen LogP contribution in [0.3, 0.4) is 0 Å². The molecule has 1 N–H and O–H groups in total. The van der Waals surface area contributed by atoms with Gasteiger partial charge in [0.05, 0.1) is 18.3 Å². The fourth-order valence-electron chi connectivity index (χ4n) is 4.48. The zero-order chi connectivity index (χ0) is 22.8. The van der Waals surface area contributed by atoms with Crippen molar-refractivity contribution < 1.29 is 13.6 Å². The van der Waals surface area contributed by atoms with Gasteiger partial charge in [-0.05, 0) is 53.4 Å². The van der Waals surface area contributed by atoms with Crippen LogP contribution in [0.15, 0.2) is 91.1 Å². The molecule has 5 rings (SSSR count). The molecule has 0 saturated carbocycles. The zero-order valence-corrected chi connectivity index (χ0v) is 17.9. The number of nitrogens with one attached hydrogen (secondary N) is 1. The molecule has 0 saturated heterocycles. The van der Waals surface area contributed by atoms with Crippen LogP contribution in [0.5, 0.6) is 0 Å². The maximum atomic E-state index is 14.2. The highest BCUT2D eigenvalue weighted by Crippen LogP contribution is 2.37. The minimum Gasteiger partial charge on any atom is -0.338 e. The van der Waals surface area contributed by atoms with Crippen LogP contribution < -0.4 is 5.32 Å². The predicted molar refractivity (Wildman–Crippen MR) is 123 cm³/mol. The second-order valence-corrected chi connectivity index (χ2v) is 8.13. The molecule has 2 heterocycles. The van der Waals surface area contributed by atoms with Gasteiger partial charge in [-0.3, -0.25) is 0 Å². The van der Waals surface area contributed by atoms with E-state index < -0.39 is 17.7 Å². The molecule has 0 aliphatic carbocycles. The lowest BCUT2D eigenvalue weighted by Gasteiger charge is -2.31. The molecule has 0 spiro atoms. The maximum Gasteiger partial charge on any atom is 0.318 e. The molecule has 4 aromatic rings. The first-order chi connectivity index (χ1) is 16.1. The van der Waals surface area contributed by atoms with Crippen LogP contribution in [-0.2, 0) is 13.0 Å². The molecule has 0 unspecified atom stereocenters. The van der Waals surface area contributed by atoms with E-state index in [9.17, 15) is 13.6 Å². The van der Waals surface area contributed by atoms with Gasteiger partial charge in [0, 0.05) is 24.5 Å². The van der Waals surface area contributed by atoms with Crippen molar-refractivity contribution in [2.45, 2.75) is 19.0 Å². The largest absolute Gasteiger partial charge is 0.338 e. The molecule has 0 bridgehead atoms. The number of para-hydroxylation sites is 1. The van der Waals surface area contributed by atoms with E-state index in [1.165, 1.54) is 12.1 Å². The minimum atomic E-state index is -0.672. The SMILES string of the molecule is O=C(NCCc1ccccc1)N1Cc2ccccc2-n2cccc2[C@@H]1c1cc(F)cc(F)c1. The van der Waals surface area contributed by atoms with Crippen LogP contribution in [-0.4, -0.2) is 22.0 Å². The Kier molecular flexibility index (Phi) is 5.65. The summed E-state index contributed by atoms with van der Waals surface area (Å²) in [6, 6.07) is 24.0. The summed E-state index contributed by atoms with van der Waals surface area (Å²) in [7, 11) is 0. The Bertz CT molecular complexity index is 1270. The number of hydrogen-bond acceptors (Lipinski definition) is 1. The van der Waals surface area contributed by atoms with Gasteiger partial charge in [-0.2, -0.15) is 0 Å². The van der Waals surface area contributed by atoms with Crippen molar-refractivity contribution in [2.24, 2.45) is 0 Å². The van der Waals surface area contributed by atoms with Gasteiger partial charge in [0.2, 0.25) is 0 Å². The van der Waals surface area contributed by atoms with Crippen LogP contribution >= 0.6 is 0 Å². The Hall–Kier alpha value is -3.93. The molecule has 1 atom stereocenters. The number of rotatable bonds is 4. The van der Waals surface area contributed by atoms with Gasteiger partial charge in [-0.25, -0.2) is 13.6 Å². The third-order valence-electron chi connectivity index (χ3n) is 5.96. The molecular formula is C27H23F2N3O. The fraction of sp³-hybridized carbons (Fsp3) is 0.148. The van der Waals surface area contributed by atoms with E-state index in [1.54, 1.807) is 4.90 Å². The third-order valence-corrected chi connectivity index (χ3v) is 5.96. The molecule has 166 valence electrons. The summed E-state index contributed by atoms with van der Waals surface area (Å²) < 4.78 is 30.4. The summed E-state index contributed by atoms with van der Waals surface area (Å²) in [5.41, 5.74) is 4.17. The molecule has 6 heteroatoms. The van der Waals surface area contributed by atoms with Gasteiger partial charge >= 0.3 is 6.03 Å². The Morgan fingerprint density at radius 1 is 0.909 bits per heavy atom. The lowest BCUT2D eigenvalue weighted by atomic mass is 10.0. The van der Waals surface area contributed by atoms with Crippen LogP contribution in [0.4, 0.5) is 13.6 Å². The first kappa shape index (κ1) is 20.9. The quantitative estimate of drug-likeness (QED) is 0.437. The number of carbonyl (C=O) groups is 1. The summed E-state index contributed by atoms with van der Waals surface area (Å²) in [4.78, 5) is 15.1. The number of benzene rings is 3. The Labute approximate surface area is 191 Å². The monoisotopic (exact) mass is 443 g/mol. The highest BCUT2D eigenvalue weighted by Gasteiger charge is 2.33. The molecule has 1 aliphatic rings. The third kappa shape index (κ3) is 4.24. The standard InChI is InChI=1S/C27H23F2N3O/c28-22-15-21(16-23(29)17-22)26-25-11-6-14-31(25)24-10-5-4-9-20(24)18-32(26)27(33)30-13-12-19-7-2-1-3-8-19/h1-11,14-17,26H,12-13,18H2,(H,30,33)/t26-/m0/s1. The van der Waals surface area contributed by atoms with E-state index in [-0.39, 0.29) is 6.03 Å². The van der Waals surface area contributed by atoms with Crippen LogP contribution in [0.1, 0.15) is 28.4 Å². The molecule has 4 nitrogen and oxygen atoms in total. The van der Waals surface area contributed by atoms with E-state index in [2.05, 4.69) is 5.32 Å². The summed E-state index contributed by atoms with van der Waals surface area (Å²) in [5, 5.41) is 3.00. The Morgan fingerprint density at radius 3 is 2.42 bits per heavy atom. The topological polar surface area (TPSA) is 37.3 Å². The number of nitrogens with zero attached hydrogens (tertiary/aromatic N) is 2. The maximum absolute atomic E-state index is 14.2. The number of fused-ring (bicyclic) bond motifs is 3. The molecular weight excluding hydrogens is 420 g/mol. The highest BCUT2D eigenvalue weighted by atomic mass is 19.1.